The van der Waals surface area contributed by atoms with Gasteiger partial charge in [-0.05, 0) is 44.1 Å². The number of nitrogens with one attached hydrogen (secondary N) is 1. The van der Waals surface area contributed by atoms with Gasteiger partial charge in [-0.2, -0.15) is 14.9 Å². The predicted molar refractivity (Wildman–Crippen MR) is 101 cm³/mol. The first kappa shape index (κ1) is 17.1. The van der Waals surface area contributed by atoms with Gasteiger partial charge in [0, 0.05) is 18.5 Å². The first-order valence-electron chi connectivity index (χ1n) is 8.95. The molecule has 2 heterocycles. The Hall–Kier alpha value is -2.32. The van der Waals surface area contributed by atoms with Gasteiger partial charge in [0.05, 0.1) is 12.7 Å². The van der Waals surface area contributed by atoms with Gasteiger partial charge in [-0.25, -0.2) is 9.67 Å². The van der Waals surface area contributed by atoms with Crippen LogP contribution in [0.1, 0.15) is 43.1 Å². The Morgan fingerprint density at radius 3 is 2.62 bits per heavy atom. The molecule has 1 aliphatic carbocycles. The van der Waals surface area contributed by atoms with Crippen molar-refractivity contribution in [2.45, 2.75) is 38.4 Å². The first-order valence-corrected chi connectivity index (χ1v) is 9.36. The van der Waals surface area contributed by atoms with Crippen LogP contribution in [0.2, 0.25) is 0 Å². The maximum absolute atomic E-state index is 5.58. The normalized spacial score (nSPS) is 16.6. The van der Waals surface area contributed by atoms with Crippen LogP contribution in [-0.4, -0.2) is 36.2 Å². The Bertz CT molecular complexity index is 935. The number of benzene rings is 1. The minimum Gasteiger partial charge on any atom is -0.313 e. The summed E-state index contributed by atoms with van der Waals surface area (Å²) < 4.78 is 6.61. The molecule has 0 aliphatic heterocycles. The van der Waals surface area contributed by atoms with E-state index in [0.29, 0.717) is 12.0 Å². The van der Waals surface area contributed by atoms with Crippen molar-refractivity contribution in [3.8, 4) is 5.69 Å². The number of rotatable bonds is 6. The van der Waals surface area contributed by atoms with Crippen molar-refractivity contribution in [3.63, 3.8) is 0 Å². The fourth-order valence-corrected chi connectivity index (χ4v) is 3.42. The molecule has 0 spiro atoms. The van der Waals surface area contributed by atoms with E-state index in [1.807, 2.05) is 11.7 Å². The van der Waals surface area contributed by atoms with Gasteiger partial charge in [0.1, 0.15) is 24.5 Å². The molecule has 1 unspecified atom stereocenters. The van der Waals surface area contributed by atoms with Crippen molar-refractivity contribution in [2.24, 2.45) is 7.05 Å². The molecule has 2 aromatic heterocycles. The standard InChI is InChI=1S/C18H23N7S/c1-13(14-6-8-16(9-7-14)24-11-19-10-20-24)22(2)12-25-18(26)23(3)17(21-25)15-4-5-15/h6-11,13,15H,4-5,12H2,1-3H3/p+1/t13-/m0/s1. The van der Waals surface area contributed by atoms with Gasteiger partial charge in [0.2, 0.25) is 4.77 Å². The van der Waals surface area contributed by atoms with E-state index in [2.05, 4.69) is 52.9 Å². The molecule has 3 aromatic rings. The zero-order chi connectivity index (χ0) is 18.3. The van der Waals surface area contributed by atoms with Crippen molar-refractivity contribution < 1.29 is 4.90 Å². The molecule has 2 atom stereocenters. The molecule has 0 saturated heterocycles. The highest BCUT2D eigenvalue weighted by atomic mass is 32.1. The Kier molecular flexibility index (Phi) is 4.46. The molecular formula is C18H24N7S+. The third-order valence-electron chi connectivity index (χ3n) is 5.23. The van der Waals surface area contributed by atoms with Crippen LogP contribution in [0.4, 0.5) is 0 Å². The number of nitrogens with zero attached hydrogens (tertiary/aromatic N) is 6. The van der Waals surface area contributed by atoms with Crippen LogP contribution < -0.4 is 4.90 Å². The third kappa shape index (κ3) is 3.22. The van der Waals surface area contributed by atoms with Crippen LogP contribution in [0.15, 0.2) is 36.9 Å². The third-order valence-corrected chi connectivity index (χ3v) is 5.72. The van der Waals surface area contributed by atoms with Crippen LogP contribution in [0.3, 0.4) is 0 Å². The minimum atomic E-state index is 0.327. The number of aromatic nitrogens is 6. The lowest BCUT2D eigenvalue weighted by Gasteiger charge is -2.22. The van der Waals surface area contributed by atoms with E-state index in [0.717, 1.165) is 23.0 Å². The van der Waals surface area contributed by atoms with Crippen LogP contribution in [0, 0.1) is 4.77 Å². The molecule has 0 radical (unpaired) electrons. The van der Waals surface area contributed by atoms with Gasteiger partial charge in [0.15, 0.2) is 6.67 Å². The summed E-state index contributed by atoms with van der Waals surface area (Å²) in [5, 5.41) is 8.94. The van der Waals surface area contributed by atoms with Gasteiger partial charge in [-0.15, -0.1) is 0 Å². The molecule has 0 bridgehead atoms. The van der Waals surface area contributed by atoms with Crippen LogP contribution in [0.5, 0.6) is 0 Å². The van der Waals surface area contributed by atoms with Crippen molar-refractivity contribution in [2.75, 3.05) is 7.05 Å². The molecule has 8 heteroatoms. The zero-order valence-electron chi connectivity index (χ0n) is 15.3. The van der Waals surface area contributed by atoms with Crippen LogP contribution in [-0.2, 0) is 13.7 Å². The summed E-state index contributed by atoms with van der Waals surface area (Å²) in [6.07, 6.45) is 5.71. The number of quaternary nitrogens is 1. The van der Waals surface area contributed by atoms with E-state index >= 15 is 0 Å². The number of hydrogen-bond donors (Lipinski definition) is 1. The van der Waals surface area contributed by atoms with E-state index in [-0.39, 0.29) is 0 Å². The molecule has 1 fully saturated rings. The monoisotopic (exact) mass is 370 g/mol. The van der Waals surface area contributed by atoms with E-state index in [9.17, 15) is 0 Å². The fourth-order valence-electron chi connectivity index (χ4n) is 3.22. The summed E-state index contributed by atoms with van der Waals surface area (Å²) in [5.41, 5.74) is 2.29. The number of hydrogen-bond acceptors (Lipinski definition) is 4. The average Bonchev–Trinajstić information content (AvgIpc) is 3.27. The quantitative estimate of drug-likeness (QED) is 0.670. The first-order chi connectivity index (χ1) is 12.5. The summed E-state index contributed by atoms with van der Waals surface area (Å²) in [6.45, 7) is 2.99. The van der Waals surface area contributed by atoms with Crippen molar-refractivity contribution >= 4 is 12.2 Å². The summed E-state index contributed by atoms with van der Waals surface area (Å²) in [4.78, 5) is 5.33. The molecule has 1 saturated carbocycles. The smallest absolute Gasteiger partial charge is 0.202 e. The molecule has 1 aromatic carbocycles. The summed E-state index contributed by atoms with van der Waals surface area (Å²) in [6, 6.07) is 8.78. The second-order valence-electron chi connectivity index (χ2n) is 7.13. The summed E-state index contributed by atoms with van der Waals surface area (Å²) in [5.74, 6) is 1.73. The Morgan fingerprint density at radius 1 is 1.27 bits per heavy atom. The molecule has 4 rings (SSSR count). The van der Waals surface area contributed by atoms with Gasteiger partial charge in [0.25, 0.3) is 0 Å². The van der Waals surface area contributed by atoms with Gasteiger partial charge in [-0.3, -0.25) is 0 Å². The van der Waals surface area contributed by atoms with Gasteiger partial charge >= 0.3 is 0 Å². The fraction of sp³-hybridized carbons (Fsp3) is 0.444. The van der Waals surface area contributed by atoms with E-state index in [4.69, 9.17) is 17.3 Å². The highest BCUT2D eigenvalue weighted by Crippen LogP contribution is 2.38. The van der Waals surface area contributed by atoms with Crippen molar-refractivity contribution in [1.29, 1.82) is 0 Å². The Balaban J connectivity index is 1.48. The van der Waals surface area contributed by atoms with Gasteiger partial charge < -0.3 is 9.47 Å². The SMILES string of the molecule is C[C@@H](c1ccc(-n2cncn2)cc1)[NH+](C)Cn1nc(C2CC2)n(C)c1=S. The Morgan fingerprint density at radius 2 is 2.00 bits per heavy atom. The van der Waals surface area contributed by atoms with Crippen molar-refractivity contribution in [1.82, 2.24) is 29.1 Å². The lowest BCUT2D eigenvalue weighted by Crippen LogP contribution is -3.08. The molecule has 1 aliphatic rings. The molecule has 7 nitrogen and oxygen atoms in total. The van der Waals surface area contributed by atoms with Gasteiger partial charge in [-0.1, -0.05) is 12.1 Å². The summed E-state index contributed by atoms with van der Waals surface area (Å²) in [7, 11) is 4.21. The zero-order valence-corrected chi connectivity index (χ0v) is 16.1. The van der Waals surface area contributed by atoms with Crippen LogP contribution in [0.25, 0.3) is 5.69 Å². The van der Waals surface area contributed by atoms with Crippen LogP contribution >= 0.6 is 12.2 Å². The Labute approximate surface area is 157 Å². The highest BCUT2D eigenvalue weighted by Gasteiger charge is 2.29. The van der Waals surface area contributed by atoms with E-state index in [1.54, 1.807) is 17.3 Å². The molecule has 136 valence electrons. The molecule has 0 amide bonds. The maximum atomic E-state index is 5.58. The highest BCUT2D eigenvalue weighted by molar-refractivity contribution is 7.71. The second kappa shape index (κ2) is 6.77. The lowest BCUT2D eigenvalue weighted by atomic mass is 10.1. The molecular weight excluding hydrogens is 346 g/mol. The topological polar surface area (TPSA) is 57.9 Å². The maximum Gasteiger partial charge on any atom is 0.202 e. The van der Waals surface area contributed by atoms with E-state index < -0.39 is 0 Å². The predicted octanol–water partition coefficient (Wildman–Crippen LogP) is 1.64. The average molecular weight is 371 g/mol. The molecule has 26 heavy (non-hydrogen) atoms. The second-order valence-corrected chi connectivity index (χ2v) is 7.50. The minimum absolute atomic E-state index is 0.327. The lowest BCUT2D eigenvalue weighted by molar-refractivity contribution is -0.933. The van der Waals surface area contributed by atoms with E-state index in [1.165, 1.54) is 23.3 Å². The van der Waals surface area contributed by atoms with Crippen molar-refractivity contribution in [3.05, 3.63) is 53.1 Å². The summed E-state index contributed by atoms with van der Waals surface area (Å²) >= 11 is 5.58. The largest absolute Gasteiger partial charge is 0.313 e. The molecule has 1 N–H and O–H groups in total.